The maximum absolute atomic E-state index is 10.5. The molecule has 0 aliphatic rings. The molecule has 142 valence electrons. The first kappa shape index (κ1) is 22.1. The second-order valence-electron chi connectivity index (χ2n) is 8.19. The van der Waals surface area contributed by atoms with Gasteiger partial charge in [0.25, 0.3) is 0 Å². The standard InChI is InChI=1S/C21H36O3Si/c1-8-13-19(24-25(6,7)21(3,4)5)20(18(22)9-2)23-16-17-14-11-10-12-15-17/h9-12,14-15,18-20,22H,2,8,13,16H2,1,3-7H3/t18-,19-,20+/m1/s1. The van der Waals surface area contributed by atoms with Crippen LogP contribution in [0.4, 0.5) is 0 Å². The van der Waals surface area contributed by atoms with E-state index in [2.05, 4.69) is 47.4 Å². The molecule has 0 spiro atoms. The predicted molar refractivity (Wildman–Crippen MR) is 108 cm³/mol. The van der Waals surface area contributed by atoms with Crippen molar-refractivity contribution in [1.82, 2.24) is 0 Å². The molecule has 1 N–H and O–H groups in total. The first-order valence-electron chi connectivity index (χ1n) is 9.26. The summed E-state index contributed by atoms with van der Waals surface area (Å²) in [5, 5.41) is 10.6. The number of rotatable bonds is 10. The van der Waals surface area contributed by atoms with Crippen molar-refractivity contribution < 1.29 is 14.3 Å². The van der Waals surface area contributed by atoms with Crippen LogP contribution in [0.3, 0.4) is 0 Å². The minimum atomic E-state index is -1.96. The van der Waals surface area contributed by atoms with Gasteiger partial charge in [0.2, 0.25) is 0 Å². The van der Waals surface area contributed by atoms with Crippen molar-refractivity contribution in [3.63, 3.8) is 0 Å². The average molecular weight is 365 g/mol. The minimum Gasteiger partial charge on any atom is -0.411 e. The third-order valence-corrected chi connectivity index (χ3v) is 9.56. The van der Waals surface area contributed by atoms with Gasteiger partial charge in [-0.25, -0.2) is 0 Å². The average Bonchev–Trinajstić information content (AvgIpc) is 2.54. The van der Waals surface area contributed by atoms with Crippen molar-refractivity contribution in [2.45, 2.75) is 83.6 Å². The Bertz CT molecular complexity index is 508. The Hall–Kier alpha value is -0.943. The Morgan fingerprint density at radius 1 is 1.20 bits per heavy atom. The molecule has 25 heavy (non-hydrogen) atoms. The van der Waals surface area contributed by atoms with Crippen molar-refractivity contribution >= 4 is 8.32 Å². The fourth-order valence-corrected chi connectivity index (χ4v) is 3.82. The van der Waals surface area contributed by atoms with Crippen LogP contribution in [-0.4, -0.2) is 31.7 Å². The summed E-state index contributed by atoms with van der Waals surface area (Å²) in [5.74, 6) is 0. The van der Waals surface area contributed by atoms with E-state index in [1.807, 2.05) is 30.3 Å². The lowest BCUT2D eigenvalue weighted by molar-refractivity contribution is -0.0898. The van der Waals surface area contributed by atoms with Crippen LogP contribution in [0.5, 0.6) is 0 Å². The zero-order valence-electron chi connectivity index (χ0n) is 16.8. The SMILES string of the molecule is C=C[C@@H](O)[C@H](OCc1ccccc1)[C@@H](CCC)O[Si](C)(C)C(C)(C)C. The molecule has 0 fully saturated rings. The number of hydrogen-bond donors (Lipinski definition) is 1. The quantitative estimate of drug-likeness (QED) is 0.452. The fraction of sp³-hybridized carbons (Fsp3) is 0.619. The minimum absolute atomic E-state index is 0.113. The van der Waals surface area contributed by atoms with Crippen molar-refractivity contribution in [3.05, 3.63) is 48.6 Å². The lowest BCUT2D eigenvalue weighted by Gasteiger charge is -2.42. The van der Waals surface area contributed by atoms with E-state index in [0.29, 0.717) is 6.61 Å². The van der Waals surface area contributed by atoms with Gasteiger partial charge < -0.3 is 14.3 Å². The number of aliphatic hydroxyl groups is 1. The molecule has 0 saturated carbocycles. The van der Waals surface area contributed by atoms with E-state index in [-0.39, 0.29) is 11.1 Å². The van der Waals surface area contributed by atoms with Crippen LogP contribution in [-0.2, 0) is 15.8 Å². The molecule has 1 rings (SSSR count). The van der Waals surface area contributed by atoms with Crippen LogP contribution in [0.1, 0.15) is 46.1 Å². The molecule has 1 aromatic carbocycles. The van der Waals surface area contributed by atoms with Crippen molar-refractivity contribution in [1.29, 1.82) is 0 Å². The molecule has 0 aliphatic heterocycles. The summed E-state index contributed by atoms with van der Waals surface area (Å²) in [7, 11) is -1.96. The molecule has 3 nitrogen and oxygen atoms in total. The molecule has 0 amide bonds. The summed E-state index contributed by atoms with van der Waals surface area (Å²) >= 11 is 0. The van der Waals surface area contributed by atoms with Crippen molar-refractivity contribution in [3.8, 4) is 0 Å². The topological polar surface area (TPSA) is 38.7 Å². The fourth-order valence-electron chi connectivity index (χ4n) is 2.46. The molecular formula is C21H36O3Si. The van der Waals surface area contributed by atoms with Gasteiger partial charge in [-0.15, -0.1) is 6.58 Å². The van der Waals surface area contributed by atoms with Crippen LogP contribution in [0.25, 0.3) is 0 Å². The van der Waals surface area contributed by atoms with Gasteiger partial charge >= 0.3 is 0 Å². The highest BCUT2D eigenvalue weighted by Gasteiger charge is 2.41. The van der Waals surface area contributed by atoms with E-state index >= 15 is 0 Å². The second kappa shape index (κ2) is 9.67. The van der Waals surface area contributed by atoms with Crippen molar-refractivity contribution in [2.75, 3.05) is 0 Å². The molecular weight excluding hydrogens is 328 g/mol. The van der Waals surface area contributed by atoms with Crippen LogP contribution in [0.15, 0.2) is 43.0 Å². The van der Waals surface area contributed by atoms with Gasteiger partial charge in [-0.2, -0.15) is 0 Å². The Labute approximate surface area is 155 Å². The lowest BCUT2D eigenvalue weighted by atomic mass is 10.0. The largest absolute Gasteiger partial charge is 0.411 e. The van der Waals surface area contributed by atoms with E-state index in [9.17, 15) is 5.11 Å². The maximum atomic E-state index is 10.5. The van der Waals surface area contributed by atoms with E-state index in [1.165, 1.54) is 0 Å². The zero-order chi connectivity index (χ0) is 19.1. The third kappa shape index (κ3) is 6.70. The molecule has 0 aromatic heterocycles. The highest BCUT2D eigenvalue weighted by atomic mass is 28.4. The first-order chi connectivity index (χ1) is 11.6. The highest BCUT2D eigenvalue weighted by Crippen LogP contribution is 2.38. The molecule has 0 saturated heterocycles. The highest BCUT2D eigenvalue weighted by molar-refractivity contribution is 6.74. The van der Waals surface area contributed by atoms with Gasteiger partial charge in [-0.1, -0.05) is 70.5 Å². The summed E-state index contributed by atoms with van der Waals surface area (Å²) in [6, 6.07) is 10.0. The number of aliphatic hydroxyl groups excluding tert-OH is 1. The third-order valence-electron chi connectivity index (χ3n) is 5.06. The predicted octanol–water partition coefficient (Wildman–Crippen LogP) is 5.31. The van der Waals surface area contributed by atoms with E-state index < -0.39 is 20.5 Å². The number of benzene rings is 1. The molecule has 3 atom stereocenters. The molecule has 0 aliphatic carbocycles. The van der Waals surface area contributed by atoms with Crippen molar-refractivity contribution in [2.24, 2.45) is 0 Å². The van der Waals surface area contributed by atoms with E-state index in [1.54, 1.807) is 6.08 Å². The summed E-state index contributed by atoms with van der Waals surface area (Å²) in [6.07, 6.45) is 2.10. The maximum Gasteiger partial charge on any atom is 0.192 e. The van der Waals surface area contributed by atoms with Gasteiger partial charge in [0, 0.05) is 0 Å². The van der Waals surface area contributed by atoms with Crippen LogP contribution < -0.4 is 0 Å². The van der Waals surface area contributed by atoms with E-state index in [4.69, 9.17) is 9.16 Å². The molecule has 0 unspecified atom stereocenters. The van der Waals surface area contributed by atoms with Gasteiger partial charge in [-0.3, -0.25) is 0 Å². The first-order valence-corrected chi connectivity index (χ1v) is 12.2. The number of hydrogen-bond acceptors (Lipinski definition) is 3. The van der Waals surface area contributed by atoms with Gasteiger partial charge in [0.15, 0.2) is 8.32 Å². The lowest BCUT2D eigenvalue weighted by Crippen LogP contribution is -2.50. The Balaban J connectivity index is 2.95. The molecule has 0 bridgehead atoms. The molecule has 1 aromatic rings. The summed E-state index contributed by atoms with van der Waals surface area (Å²) in [4.78, 5) is 0. The van der Waals surface area contributed by atoms with Crippen LogP contribution in [0, 0.1) is 0 Å². The Kier molecular flexibility index (Phi) is 8.55. The summed E-state index contributed by atoms with van der Waals surface area (Å²) in [6.45, 7) is 17.5. The van der Waals surface area contributed by atoms with Crippen LogP contribution in [0.2, 0.25) is 18.1 Å². The van der Waals surface area contributed by atoms with Gasteiger partial charge in [0.1, 0.15) is 12.2 Å². The normalized spacial score (nSPS) is 16.3. The monoisotopic (exact) mass is 364 g/mol. The number of ether oxygens (including phenoxy) is 1. The van der Waals surface area contributed by atoms with E-state index in [0.717, 1.165) is 18.4 Å². The Morgan fingerprint density at radius 2 is 1.80 bits per heavy atom. The van der Waals surface area contributed by atoms with Gasteiger partial charge in [-0.05, 0) is 30.1 Å². The Morgan fingerprint density at radius 3 is 2.28 bits per heavy atom. The second-order valence-corrected chi connectivity index (χ2v) is 12.9. The van der Waals surface area contributed by atoms with Gasteiger partial charge in [0.05, 0.1) is 12.7 Å². The molecule has 0 radical (unpaired) electrons. The van der Waals surface area contributed by atoms with Crippen LogP contribution >= 0.6 is 0 Å². The summed E-state index contributed by atoms with van der Waals surface area (Å²) in [5.41, 5.74) is 1.09. The molecule has 0 heterocycles. The molecule has 4 heteroatoms. The zero-order valence-corrected chi connectivity index (χ0v) is 17.8. The smallest absolute Gasteiger partial charge is 0.192 e. The summed E-state index contributed by atoms with van der Waals surface area (Å²) < 4.78 is 12.8.